The molecule has 2 aliphatic carbocycles. The number of rotatable bonds is 12. The largest absolute Gasteiger partial charge is 0.363 e. The quantitative estimate of drug-likeness (QED) is 0.213. The molecule has 0 bridgehead atoms. The number of halogens is 2. The summed E-state index contributed by atoms with van der Waals surface area (Å²) in [7, 11) is 0. The van der Waals surface area contributed by atoms with Gasteiger partial charge in [0.25, 0.3) is 5.91 Å². The molecule has 0 aromatic carbocycles. The zero-order chi connectivity index (χ0) is 38.3. The van der Waals surface area contributed by atoms with Crippen molar-refractivity contribution in [3.05, 3.63) is 18.5 Å². The van der Waals surface area contributed by atoms with E-state index in [4.69, 9.17) is 28.9 Å². The lowest BCUT2D eigenvalue weighted by atomic mass is 9.76. The number of hydrogen-bond donors (Lipinski definition) is 3. The molecule has 4 aliphatic rings. The molecule has 1 aromatic heterocycles. The van der Waals surface area contributed by atoms with Crippen molar-refractivity contribution in [2.24, 2.45) is 40.2 Å². The third kappa shape index (κ3) is 8.48. The maximum Gasteiger partial charge on any atom is 0.316 e. The highest BCUT2D eigenvalue weighted by molar-refractivity contribution is 6.51. The minimum Gasteiger partial charge on any atom is -0.363 e. The second kappa shape index (κ2) is 15.1. The first kappa shape index (κ1) is 39.7. The Bertz CT molecular complexity index is 1550. The topological polar surface area (TPSA) is 188 Å². The lowest BCUT2D eigenvalue weighted by Crippen LogP contribution is -2.63. The number of ketones is 2. The molecular weight excluding hydrogens is 711 g/mol. The Kier molecular flexibility index (Phi) is 11.5. The van der Waals surface area contributed by atoms with Gasteiger partial charge in [-0.15, -0.1) is 23.2 Å². The molecule has 14 nitrogen and oxygen atoms in total. The zero-order valence-corrected chi connectivity index (χ0v) is 32.4. The Morgan fingerprint density at radius 2 is 1.46 bits per heavy atom. The SMILES string of the molecule is CC(C)(C)[C@H](NC(=O)N[C@H](C(=O)N1C[C@H]2[C@@H]([C@H]1C(=O)CC(CC1CCC1)C(=O)C(N)=O)C2(Cl)Cl)C(C)(C)C)C(=O)N1CCN(c2ncccn2)CC1. The highest BCUT2D eigenvalue weighted by Crippen LogP contribution is 2.65. The molecule has 1 aromatic rings. The van der Waals surface area contributed by atoms with Crippen LogP contribution < -0.4 is 21.3 Å². The van der Waals surface area contributed by atoms with E-state index in [1.165, 1.54) is 4.90 Å². The molecule has 0 spiro atoms. The number of likely N-dealkylation sites (tertiary alicyclic amines) is 1. The van der Waals surface area contributed by atoms with Crippen molar-refractivity contribution in [1.82, 2.24) is 30.4 Å². The van der Waals surface area contributed by atoms with E-state index in [1.807, 2.05) is 25.7 Å². The standard InChI is InChI=1S/C36H52Cl2N8O6/c1-34(2,3)27(30(50)44-13-15-45(16-14-44)32-40-11-8-12-41-32)42-33(52)43-28(35(4,5)6)31(51)46-19-22-24(36(22,37)38)25(46)23(47)18-21(26(48)29(39)49)17-20-9-7-10-20/h8,11-12,20-22,24-25,27-28H,7,9-10,13-19H2,1-6H3,(H2,39,49)(H2,42,43,52)/t21?,22-,24-,25+,27+,28+/m0/s1. The van der Waals surface area contributed by atoms with Gasteiger partial charge in [0, 0.05) is 69.3 Å². The van der Waals surface area contributed by atoms with E-state index in [1.54, 1.807) is 44.1 Å². The second-order valence-corrected chi connectivity index (χ2v) is 18.4. The number of amides is 5. The molecule has 2 saturated carbocycles. The number of nitrogens with two attached hydrogens (primary N) is 1. The molecule has 4 fully saturated rings. The van der Waals surface area contributed by atoms with Crippen LogP contribution in [0, 0.1) is 34.5 Å². The summed E-state index contributed by atoms with van der Waals surface area (Å²) >= 11 is 13.2. The molecule has 6 atom stereocenters. The third-order valence-corrected chi connectivity index (χ3v) is 12.1. The monoisotopic (exact) mass is 762 g/mol. The first-order valence-electron chi connectivity index (χ1n) is 18.1. The first-order chi connectivity index (χ1) is 24.2. The summed E-state index contributed by atoms with van der Waals surface area (Å²) in [4.78, 5) is 94.4. The summed E-state index contributed by atoms with van der Waals surface area (Å²) in [6.07, 6.45) is 6.27. The second-order valence-electron chi connectivity index (χ2n) is 16.9. The van der Waals surface area contributed by atoms with Crippen LogP contribution in [0.3, 0.4) is 0 Å². The van der Waals surface area contributed by atoms with Gasteiger partial charge in [0.05, 0.1) is 6.04 Å². The van der Waals surface area contributed by atoms with Gasteiger partial charge in [-0.05, 0) is 29.2 Å². The molecular formula is C36H52Cl2N8O6. The predicted octanol–water partition coefficient (Wildman–Crippen LogP) is 2.70. The minimum absolute atomic E-state index is 0.0863. The molecule has 1 unspecified atom stereocenters. The Morgan fingerprint density at radius 1 is 0.904 bits per heavy atom. The Morgan fingerprint density at radius 3 is 1.96 bits per heavy atom. The van der Waals surface area contributed by atoms with Crippen LogP contribution in [0.2, 0.25) is 0 Å². The van der Waals surface area contributed by atoms with E-state index in [0.717, 1.165) is 19.3 Å². The summed E-state index contributed by atoms with van der Waals surface area (Å²) in [5, 5.41) is 5.67. The van der Waals surface area contributed by atoms with Crippen molar-refractivity contribution in [3.63, 3.8) is 0 Å². The van der Waals surface area contributed by atoms with Crippen molar-refractivity contribution in [3.8, 4) is 0 Å². The Hall–Kier alpha value is -3.52. The van der Waals surface area contributed by atoms with E-state index >= 15 is 0 Å². The number of carbonyl (C=O) groups is 6. The van der Waals surface area contributed by atoms with Crippen LogP contribution in [-0.2, 0) is 24.0 Å². The predicted molar refractivity (Wildman–Crippen MR) is 195 cm³/mol. The molecule has 4 N–H and O–H groups in total. The van der Waals surface area contributed by atoms with Crippen molar-refractivity contribution >= 4 is 64.5 Å². The number of primary amides is 1. The molecule has 0 radical (unpaired) electrons. The van der Waals surface area contributed by atoms with Gasteiger partial charge in [-0.1, -0.05) is 60.8 Å². The number of alkyl halides is 2. The van der Waals surface area contributed by atoms with Crippen molar-refractivity contribution < 1.29 is 28.8 Å². The van der Waals surface area contributed by atoms with Gasteiger partial charge in [-0.25, -0.2) is 14.8 Å². The van der Waals surface area contributed by atoms with Crippen LogP contribution in [0.15, 0.2) is 18.5 Å². The molecule has 5 amide bonds. The van der Waals surface area contributed by atoms with Gasteiger partial charge >= 0.3 is 6.03 Å². The van der Waals surface area contributed by atoms with Crippen molar-refractivity contribution in [2.45, 2.75) is 96.1 Å². The average Bonchev–Trinajstić information content (AvgIpc) is 3.36. The summed E-state index contributed by atoms with van der Waals surface area (Å²) in [6, 6.07) is -2.04. The molecule has 286 valence electrons. The Balaban J connectivity index is 1.29. The van der Waals surface area contributed by atoms with E-state index in [9.17, 15) is 28.8 Å². The van der Waals surface area contributed by atoms with Crippen molar-refractivity contribution in [1.29, 1.82) is 0 Å². The number of piperidine rings is 1. The fraction of sp³-hybridized carbons (Fsp3) is 0.722. The molecule has 3 heterocycles. The fourth-order valence-corrected chi connectivity index (χ4v) is 8.54. The lowest BCUT2D eigenvalue weighted by Gasteiger charge is -2.40. The van der Waals surface area contributed by atoms with Gasteiger partial charge in [0.1, 0.15) is 16.4 Å². The van der Waals surface area contributed by atoms with Gasteiger partial charge in [0.15, 0.2) is 5.78 Å². The van der Waals surface area contributed by atoms with Gasteiger partial charge in [-0.3, -0.25) is 24.0 Å². The lowest BCUT2D eigenvalue weighted by molar-refractivity contribution is -0.144. The molecule has 16 heteroatoms. The van der Waals surface area contributed by atoms with Gasteiger partial charge < -0.3 is 31.1 Å². The number of anilines is 1. The maximum atomic E-state index is 14.4. The number of aromatic nitrogens is 2. The summed E-state index contributed by atoms with van der Waals surface area (Å²) < 4.78 is -1.23. The smallest absolute Gasteiger partial charge is 0.316 e. The van der Waals surface area contributed by atoms with Gasteiger partial charge in [-0.2, -0.15) is 0 Å². The van der Waals surface area contributed by atoms with Crippen LogP contribution in [0.25, 0.3) is 0 Å². The number of urea groups is 1. The van der Waals surface area contributed by atoms with Crippen LogP contribution in [0.5, 0.6) is 0 Å². The average molecular weight is 764 g/mol. The maximum absolute atomic E-state index is 14.4. The normalized spacial score (nSPS) is 24.5. The number of nitrogens with zero attached hydrogens (tertiary/aromatic N) is 5. The number of Topliss-reactive ketones (excluding diaryl/α,β-unsaturated/α-hetero) is 2. The molecule has 52 heavy (non-hydrogen) atoms. The minimum atomic E-state index is -1.23. The number of carbonyl (C=O) groups excluding carboxylic acids is 6. The molecule has 2 aliphatic heterocycles. The highest BCUT2D eigenvalue weighted by atomic mass is 35.5. The molecule has 5 rings (SSSR count). The number of nitrogens with one attached hydrogen (secondary N) is 2. The van der Waals surface area contributed by atoms with Gasteiger partial charge in [0.2, 0.25) is 23.5 Å². The highest BCUT2D eigenvalue weighted by Gasteiger charge is 2.73. The third-order valence-electron chi connectivity index (χ3n) is 11.1. The van der Waals surface area contributed by atoms with E-state index in [-0.39, 0.29) is 30.7 Å². The van der Waals surface area contributed by atoms with Crippen LogP contribution in [0.1, 0.15) is 73.6 Å². The summed E-state index contributed by atoms with van der Waals surface area (Å²) in [6.45, 7) is 12.9. The van der Waals surface area contributed by atoms with Crippen LogP contribution >= 0.6 is 23.2 Å². The van der Waals surface area contributed by atoms with Crippen LogP contribution in [-0.4, -0.2) is 110 Å². The molecule has 2 saturated heterocycles. The first-order valence-corrected chi connectivity index (χ1v) is 18.9. The van der Waals surface area contributed by atoms with Crippen molar-refractivity contribution in [2.75, 3.05) is 37.6 Å². The fourth-order valence-electron chi connectivity index (χ4n) is 7.71. The van der Waals surface area contributed by atoms with E-state index in [0.29, 0.717) is 38.5 Å². The summed E-state index contributed by atoms with van der Waals surface area (Å²) in [5.74, 6) is -4.09. The summed E-state index contributed by atoms with van der Waals surface area (Å²) in [5.41, 5.74) is 3.86. The zero-order valence-electron chi connectivity index (χ0n) is 30.9. The number of piperazine rings is 1. The Labute approximate surface area is 315 Å². The number of fused-ring (bicyclic) bond motifs is 1. The van der Waals surface area contributed by atoms with E-state index in [2.05, 4.69) is 20.6 Å². The number of hydrogen-bond acceptors (Lipinski definition) is 9. The van der Waals surface area contributed by atoms with E-state index < -0.39 is 74.5 Å². The van der Waals surface area contributed by atoms with Crippen LogP contribution in [0.4, 0.5) is 10.7 Å².